The molecule has 0 bridgehead atoms. The number of hydrogen-bond donors (Lipinski definition) is 1. The number of aryl methyl sites for hydroxylation is 1. The molecule has 64 valence electrons. The molecule has 0 saturated heterocycles. The van der Waals surface area contributed by atoms with E-state index in [4.69, 9.17) is 0 Å². The van der Waals surface area contributed by atoms with Gasteiger partial charge in [-0.05, 0) is 6.92 Å². The SMILES string of the molecule is C.COOSc1n[nH]c(C)n1. The first-order valence-corrected chi connectivity index (χ1v) is 3.33. The van der Waals surface area contributed by atoms with Gasteiger partial charge in [-0.1, -0.05) is 7.43 Å². The molecule has 11 heavy (non-hydrogen) atoms. The van der Waals surface area contributed by atoms with Gasteiger partial charge in [0.25, 0.3) is 0 Å². The average molecular weight is 177 g/mol. The monoisotopic (exact) mass is 177 g/mol. The van der Waals surface area contributed by atoms with E-state index in [1.165, 1.54) is 7.11 Å². The highest BCUT2D eigenvalue weighted by molar-refractivity contribution is 7.94. The van der Waals surface area contributed by atoms with E-state index in [1.54, 1.807) is 0 Å². The van der Waals surface area contributed by atoms with Crippen LogP contribution in [0, 0.1) is 6.92 Å². The van der Waals surface area contributed by atoms with Crippen molar-refractivity contribution in [1.29, 1.82) is 0 Å². The summed E-state index contributed by atoms with van der Waals surface area (Å²) >= 11 is 0.966. The molecular formula is C5H11N3O2S. The van der Waals surface area contributed by atoms with Gasteiger partial charge >= 0.3 is 0 Å². The molecule has 0 amide bonds. The predicted molar refractivity (Wildman–Crippen MR) is 41.8 cm³/mol. The minimum absolute atomic E-state index is 0. The number of nitrogens with one attached hydrogen (secondary N) is 1. The summed E-state index contributed by atoms with van der Waals surface area (Å²) < 4.78 is 4.50. The summed E-state index contributed by atoms with van der Waals surface area (Å²) in [6, 6.07) is 0. The lowest BCUT2D eigenvalue weighted by Gasteiger charge is -1.89. The quantitative estimate of drug-likeness (QED) is 0.429. The van der Waals surface area contributed by atoms with Crippen molar-refractivity contribution in [3.8, 4) is 0 Å². The molecule has 0 radical (unpaired) electrons. The van der Waals surface area contributed by atoms with Crippen molar-refractivity contribution in [1.82, 2.24) is 15.2 Å². The van der Waals surface area contributed by atoms with Crippen molar-refractivity contribution in [3.63, 3.8) is 0 Å². The highest BCUT2D eigenvalue weighted by atomic mass is 32.2. The molecular weight excluding hydrogens is 166 g/mol. The summed E-state index contributed by atoms with van der Waals surface area (Å²) in [4.78, 5) is 8.26. The van der Waals surface area contributed by atoms with E-state index in [1.807, 2.05) is 6.92 Å². The van der Waals surface area contributed by atoms with Crippen molar-refractivity contribution in [2.45, 2.75) is 19.5 Å². The Hall–Kier alpha value is -0.590. The van der Waals surface area contributed by atoms with Crippen LogP contribution in [0.25, 0.3) is 0 Å². The summed E-state index contributed by atoms with van der Waals surface area (Å²) in [6.07, 6.45) is 0. The zero-order chi connectivity index (χ0) is 7.40. The second-order valence-electron chi connectivity index (χ2n) is 1.52. The Morgan fingerprint density at radius 3 is 2.73 bits per heavy atom. The zero-order valence-corrected chi connectivity index (χ0v) is 6.44. The molecule has 0 aromatic carbocycles. The van der Waals surface area contributed by atoms with Gasteiger partial charge in [-0.15, -0.1) is 5.10 Å². The number of nitrogens with zero attached hydrogens (tertiary/aromatic N) is 2. The van der Waals surface area contributed by atoms with Crippen LogP contribution in [0.15, 0.2) is 5.16 Å². The Morgan fingerprint density at radius 2 is 2.27 bits per heavy atom. The summed E-state index contributed by atoms with van der Waals surface area (Å²) in [5, 5.41) is 6.95. The lowest BCUT2D eigenvalue weighted by Crippen LogP contribution is -1.79. The van der Waals surface area contributed by atoms with Crippen LogP contribution in [0.1, 0.15) is 13.3 Å². The van der Waals surface area contributed by atoms with Crippen LogP contribution in [0.2, 0.25) is 0 Å². The normalized spacial score (nSPS) is 9.27. The first-order chi connectivity index (χ1) is 4.83. The molecule has 1 heterocycles. The van der Waals surface area contributed by atoms with E-state index in [2.05, 4.69) is 24.4 Å². The van der Waals surface area contributed by atoms with E-state index >= 15 is 0 Å². The molecule has 1 aromatic heterocycles. The van der Waals surface area contributed by atoms with Gasteiger partial charge in [0.1, 0.15) is 17.9 Å². The first kappa shape index (κ1) is 10.4. The van der Waals surface area contributed by atoms with Crippen LogP contribution >= 0.6 is 12.0 Å². The van der Waals surface area contributed by atoms with Crippen molar-refractivity contribution < 1.29 is 9.22 Å². The largest absolute Gasteiger partial charge is 0.262 e. The molecule has 6 heteroatoms. The third-order valence-corrected chi connectivity index (χ3v) is 1.29. The molecule has 0 aliphatic carbocycles. The molecule has 0 aliphatic heterocycles. The van der Waals surface area contributed by atoms with Gasteiger partial charge in [0, 0.05) is 0 Å². The van der Waals surface area contributed by atoms with Gasteiger partial charge in [0.05, 0.1) is 7.11 Å². The molecule has 1 rings (SSSR count). The molecule has 0 spiro atoms. The minimum Gasteiger partial charge on any atom is -0.262 e. The van der Waals surface area contributed by atoms with E-state index in [0.29, 0.717) is 5.16 Å². The Morgan fingerprint density at radius 1 is 1.55 bits per heavy atom. The fraction of sp³-hybridized carbons (Fsp3) is 0.600. The Balaban J connectivity index is 0.000001000. The predicted octanol–water partition coefficient (Wildman–Crippen LogP) is 1.33. The van der Waals surface area contributed by atoms with Crippen LogP contribution in [-0.2, 0) is 9.22 Å². The number of aromatic nitrogens is 3. The van der Waals surface area contributed by atoms with Crippen molar-refractivity contribution in [3.05, 3.63) is 5.82 Å². The maximum absolute atomic E-state index is 4.50. The maximum Gasteiger partial charge on any atom is 0.238 e. The Labute approximate surface area is 69.6 Å². The summed E-state index contributed by atoms with van der Waals surface area (Å²) in [6.45, 7) is 1.81. The fourth-order valence-electron chi connectivity index (χ4n) is 0.424. The number of H-pyrrole nitrogens is 1. The number of aromatic amines is 1. The Kier molecular flexibility index (Phi) is 4.84. The van der Waals surface area contributed by atoms with Crippen molar-refractivity contribution in [2.24, 2.45) is 0 Å². The summed E-state index contributed by atoms with van der Waals surface area (Å²) in [5.41, 5.74) is 0. The molecule has 0 saturated carbocycles. The topological polar surface area (TPSA) is 60.0 Å². The van der Waals surface area contributed by atoms with Gasteiger partial charge in [0.15, 0.2) is 0 Å². The van der Waals surface area contributed by atoms with Gasteiger partial charge in [0.2, 0.25) is 5.16 Å². The van der Waals surface area contributed by atoms with E-state index in [-0.39, 0.29) is 7.43 Å². The second kappa shape index (κ2) is 5.11. The summed E-state index contributed by atoms with van der Waals surface area (Å²) in [7, 11) is 1.42. The van der Waals surface area contributed by atoms with Gasteiger partial charge in [-0.25, -0.2) is 9.87 Å². The molecule has 0 unspecified atom stereocenters. The number of rotatable bonds is 3. The highest BCUT2D eigenvalue weighted by Gasteiger charge is 1.99. The van der Waals surface area contributed by atoms with Crippen molar-refractivity contribution >= 4 is 12.0 Å². The van der Waals surface area contributed by atoms with E-state index in [9.17, 15) is 0 Å². The van der Waals surface area contributed by atoms with Gasteiger partial charge < -0.3 is 0 Å². The molecule has 5 nitrogen and oxygen atoms in total. The fourth-order valence-corrected chi connectivity index (χ4v) is 0.810. The molecule has 0 fully saturated rings. The molecule has 1 N–H and O–H groups in total. The standard InChI is InChI=1S/C4H7N3O2S.CH4/c1-3-5-4(7-6-3)10-9-8-2;/h1-2H3,(H,5,6,7);1H4. The average Bonchev–Trinajstić information content (AvgIpc) is 2.31. The lowest BCUT2D eigenvalue weighted by atomic mass is 10.8. The maximum atomic E-state index is 4.50. The Bertz CT molecular complexity index is 203. The molecule has 0 aliphatic rings. The molecule has 1 aromatic rings. The van der Waals surface area contributed by atoms with Gasteiger partial charge in [-0.2, -0.15) is 4.33 Å². The van der Waals surface area contributed by atoms with Crippen LogP contribution in [0.4, 0.5) is 0 Å². The second-order valence-corrected chi connectivity index (χ2v) is 2.19. The first-order valence-electron chi connectivity index (χ1n) is 2.59. The van der Waals surface area contributed by atoms with Gasteiger partial charge in [-0.3, -0.25) is 5.10 Å². The highest BCUT2D eigenvalue weighted by Crippen LogP contribution is 2.12. The smallest absolute Gasteiger partial charge is 0.238 e. The third-order valence-electron chi connectivity index (χ3n) is 0.753. The van der Waals surface area contributed by atoms with Crippen LogP contribution in [0.5, 0.6) is 0 Å². The zero-order valence-electron chi connectivity index (χ0n) is 5.62. The van der Waals surface area contributed by atoms with Crippen LogP contribution in [-0.4, -0.2) is 22.3 Å². The minimum atomic E-state index is 0. The third kappa shape index (κ3) is 3.35. The van der Waals surface area contributed by atoms with Crippen molar-refractivity contribution in [2.75, 3.05) is 7.11 Å². The summed E-state index contributed by atoms with van der Waals surface area (Å²) in [5.74, 6) is 0.752. The number of hydrogen-bond acceptors (Lipinski definition) is 5. The molecule has 0 atom stereocenters. The van der Waals surface area contributed by atoms with Crippen LogP contribution < -0.4 is 0 Å². The lowest BCUT2D eigenvalue weighted by molar-refractivity contribution is -0.160. The van der Waals surface area contributed by atoms with E-state index in [0.717, 1.165) is 17.9 Å². The van der Waals surface area contributed by atoms with E-state index < -0.39 is 0 Å². The van der Waals surface area contributed by atoms with Crippen LogP contribution in [0.3, 0.4) is 0 Å².